The molecule has 10 amide bonds. The fourth-order valence-electron chi connectivity index (χ4n) is 16.8. The molecule has 8 heterocycles. The largest absolute Gasteiger partial charge is 0.489 e. The van der Waals surface area contributed by atoms with Crippen molar-refractivity contribution in [3.63, 3.8) is 0 Å². The van der Waals surface area contributed by atoms with Crippen LogP contribution >= 0.6 is 23.5 Å². The van der Waals surface area contributed by atoms with Gasteiger partial charge >= 0.3 is 12.1 Å². The molecule has 2 aromatic carbocycles. The van der Waals surface area contributed by atoms with E-state index in [1.54, 1.807) is 30.4 Å². The van der Waals surface area contributed by atoms with Crippen molar-refractivity contribution in [1.29, 1.82) is 0 Å². The van der Waals surface area contributed by atoms with Gasteiger partial charge in [0.05, 0.1) is 98.3 Å². The third-order valence-electron chi connectivity index (χ3n) is 23.9. The first-order valence-corrected chi connectivity index (χ1v) is 57.9. The molecule has 780 valence electrons. The van der Waals surface area contributed by atoms with E-state index in [2.05, 4.69) is 42.5 Å². The molecule has 0 aliphatic carbocycles. The Morgan fingerprint density at radius 3 is 0.986 bits per heavy atom. The third-order valence-corrected chi connectivity index (χ3v) is 31.8. The summed E-state index contributed by atoms with van der Waals surface area (Å²) in [4.78, 5) is 146. The van der Waals surface area contributed by atoms with Crippen LogP contribution in [0, 0.1) is 5.92 Å². The van der Waals surface area contributed by atoms with Crippen LogP contribution in [0.4, 0.5) is 27.4 Å². The van der Waals surface area contributed by atoms with Crippen molar-refractivity contribution in [2.24, 2.45) is 5.92 Å². The van der Waals surface area contributed by atoms with E-state index in [4.69, 9.17) is 43.4 Å². The number of aromatic nitrogens is 3. The number of nitrogens with one attached hydrogen (secondary N) is 8. The summed E-state index contributed by atoms with van der Waals surface area (Å²) in [5.74, 6) is -6.89. The van der Waals surface area contributed by atoms with Crippen LogP contribution in [0.3, 0.4) is 0 Å². The normalized spacial score (nSPS) is 19.4. The fourth-order valence-corrected chi connectivity index (χ4v) is 22.8. The highest BCUT2D eigenvalue weighted by Crippen LogP contribution is 2.43. The molecule has 7 aliphatic heterocycles. The summed E-state index contributed by atoms with van der Waals surface area (Å²) in [7, 11) is -27.0. The van der Waals surface area contributed by atoms with E-state index in [1.165, 1.54) is 34.1 Å². The van der Waals surface area contributed by atoms with Crippen LogP contribution in [0.5, 0.6) is 34.5 Å². The summed E-state index contributed by atoms with van der Waals surface area (Å²) in [6, 6.07) is 3.52. The number of unbranched alkanes of at least 4 members (excludes halogenated alkanes) is 2. The molecule has 6 unspecified atom stereocenters. The fraction of sp³-hybridized carbons (Fsp3) is 0.707. The molecule has 14 N–H and O–H groups in total. The van der Waals surface area contributed by atoms with Gasteiger partial charge in [0.1, 0.15) is 5.78 Å². The average Bonchev–Trinajstić information content (AvgIpc) is 1.75. The number of hydrogen-bond acceptors (Lipinski definition) is 35. The number of anilines is 3. The van der Waals surface area contributed by atoms with Gasteiger partial charge in [-0.25, -0.2) is 9.59 Å². The summed E-state index contributed by atoms with van der Waals surface area (Å²) >= 11 is 3.48. The Morgan fingerprint density at radius 1 is 0.396 bits per heavy atom. The maximum atomic E-state index is 15.1. The number of ether oxygens (including phenoxy) is 6. The molecule has 7 saturated heterocycles. The number of Topliss-reactive ketones (excluding diaryl/α,β-unsaturated/α-hetero) is 1. The molecule has 0 saturated carbocycles. The first-order valence-electron chi connectivity index (χ1n) is 46.2. The molecule has 49 nitrogen and oxygen atoms in total. The second-order valence-corrected chi connectivity index (χ2v) is 46.8. The Bertz CT molecular complexity index is 5040. The number of ketones is 1. The quantitative estimate of drug-likeness (QED) is 0.0216. The van der Waals surface area contributed by atoms with Gasteiger partial charge in [-0.15, -0.1) is 0 Å². The molecular weight excluding hydrogens is 1990 g/mol. The van der Waals surface area contributed by atoms with E-state index in [0.29, 0.717) is 121 Å². The van der Waals surface area contributed by atoms with Crippen LogP contribution in [0.15, 0.2) is 24.3 Å². The number of benzene rings is 2. The van der Waals surface area contributed by atoms with Gasteiger partial charge in [0.15, 0.2) is 23.0 Å². The van der Waals surface area contributed by atoms with Crippen LogP contribution in [-0.2, 0) is 84.7 Å². The lowest BCUT2D eigenvalue weighted by atomic mass is 9.93. The van der Waals surface area contributed by atoms with Crippen LogP contribution in [0.1, 0.15) is 169 Å². The number of carbonyl (C=O) groups excluding carboxylic acids is 9. The maximum absolute atomic E-state index is 15.1. The minimum Gasteiger partial charge on any atom is -0.489 e. The van der Waals surface area contributed by atoms with Gasteiger partial charge in [-0.3, -0.25) is 60.9 Å². The van der Waals surface area contributed by atoms with Crippen molar-refractivity contribution in [3.8, 4) is 34.5 Å². The number of hydrogen-bond donors (Lipinski definition) is 14. The molecule has 10 rings (SSSR count). The van der Waals surface area contributed by atoms with Gasteiger partial charge in [0.2, 0.25) is 53.0 Å². The first-order chi connectivity index (χ1) is 65.7. The monoisotopic (exact) mass is 2120 g/mol. The van der Waals surface area contributed by atoms with Gasteiger partial charge in [-0.2, -0.15) is 89.0 Å². The summed E-state index contributed by atoms with van der Waals surface area (Å²) in [6.45, 7) is 0.126. The predicted octanol–water partition coefficient (Wildman–Crippen LogP) is 1.54. The molecule has 6 atom stereocenters. The molecule has 3 aromatic rings. The number of piperidine rings is 3. The Balaban J connectivity index is 0.811. The summed E-state index contributed by atoms with van der Waals surface area (Å²) in [5.41, 5.74) is -0.388. The zero-order valence-corrected chi connectivity index (χ0v) is 83.5. The molecule has 7 aliphatic rings. The molecular formula is C82H126N16O33S8. The number of carbonyl (C=O) groups is 9. The minimum atomic E-state index is -4.50. The summed E-state index contributed by atoms with van der Waals surface area (Å²) in [6.07, 6.45) is 4.35. The van der Waals surface area contributed by atoms with Gasteiger partial charge in [0.25, 0.3) is 72.5 Å². The van der Waals surface area contributed by atoms with Crippen molar-refractivity contribution in [1.82, 2.24) is 67.3 Å². The van der Waals surface area contributed by atoms with E-state index in [1.807, 2.05) is 14.7 Å². The highest BCUT2D eigenvalue weighted by molar-refractivity contribution is 8.00. The van der Waals surface area contributed by atoms with Crippen molar-refractivity contribution >= 4 is 155 Å². The van der Waals surface area contributed by atoms with Gasteiger partial charge in [-0.05, 0) is 134 Å². The van der Waals surface area contributed by atoms with E-state index in [-0.39, 0.29) is 219 Å². The van der Waals surface area contributed by atoms with Gasteiger partial charge in [-0.1, -0.05) is 12.8 Å². The lowest BCUT2D eigenvalue weighted by molar-refractivity contribution is -0.123. The highest BCUT2D eigenvalue weighted by atomic mass is 32.2. The smallest absolute Gasteiger partial charge is 0.315 e. The lowest BCUT2D eigenvalue weighted by Gasteiger charge is -2.36. The predicted molar refractivity (Wildman–Crippen MR) is 509 cm³/mol. The summed E-state index contributed by atoms with van der Waals surface area (Å²) < 4.78 is 233. The van der Waals surface area contributed by atoms with E-state index in [0.717, 1.165) is 24.3 Å². The number of fused-ring (bicyclic) bond motifs is 2. The molecule has 7 fully saturated rings. The minimum absolute atomic E-state index is 0.0230. The van der Waals surface area contributed by atoms with Crippen LogP contribution < -0.4 is 85.7 Å². The van der Waals surface area contributed by atoms with Crippen LogP contribution in [0.2, 0.25) is 0 Å². The molecule has 1 aromatic heterocycles. The van der Waals surface area contributed by atoms with E-state index < -0.39 is 171 Å². The molecule has 57 heteroatoms. The number of thioether (sulfide) groups is 2. The molecule has 0 radical (unpaired) electrons. The molecule has 0 bridgehead atoms. The Hall–Kier alpha value is -9.16. The second kappa shape index (κ2) is 52.7. The number of amides is 10. The number of rotatable bonds is 60. The SMILES string of the molecule is CC(=O)C1CCN(c2nc(N3CCC(NC(=O)CCN(CCNC(=O)CCCCC4SCC5NC(=O)NC54)C(=O)c4cc(OCCCS(=O)(=O)O)c(OCCCS(=O)(=O)O)c(OCCCS(=O)(=O)O)c4)CC3)nc(N3CCC(NC(=O)CCN(CCNC(=O)CCCCC4SCC5NC(=O)NC54)C(=O)c4cc(OCCCS(=O)(=O)O)c(OCCCS(=O)(=O)O)c(OCCCS(=O)(=O)O)c4)CC3)n2)CC1. The van der Waals surface area contributed by atoms with E-state index in [9.17, 15) is 111 Å². The van der Waals surface area contributed by atoms with Crippen molar-refractivity contribution in [2.45, 2.75) is 195 Å². The Labute approximate surface area is 816 Å². The first kappa shape index (κ1) is 112. The number of nitrogens with zero attached hydrogens (tertiary/aromatic N) is 8. The van der Waals surface area contributed by atoms with Gasteiger partial charge < -0.3 is 95.5 Å². The molecule has 0 spiro atoms. The average molecular weight is 2120 g/mol. The third kappa shape index (κ3) is 38.9. The van der Waals surface area contributed by atoms with Crippen LogP contribution in [0.25, 0.3) is 0 Å². The van der Waals surface area contributed by atoms with Crippen molar-refractivity contribution < 1.29 is 149 Å². The van der Waals surface area contributed by atoms with Crippen molar-refractivity contribution in [2.75, 3.05) is 179 Å². The zero-order chi connectivity index (χ0) is 101. The van der Waals surface area contributed by atoms with Gasteiger partial charge in [0, 0.05) is 155 Å². The summed E-state index contributed by atoms with van der Waals surface area (Å²) in [5, 5.41) is 23.9. The van der Waals surface area contributed by atoms with Crippen molar-refractivity contribution in [3.05, 3.63) is 35.4 Å². The Morgan fingerprint density at radius 2 is 0.691 bits per heavy atom. The number of urea groups is 2. The highest BCUT2D eigenvalue weighted by Gasteiger charge is 2.45. The molecule has 139 heavy (non-hydrogen) atoms. The zero-order valence-electron chi connectivity index (χ0n) is 77.0. The lowest BCUT2D eigenvalue weighted by Crippen LogP contribution is -2.47. The standard InChI is InChI=1S/C82H126N16O33S8/c1-54(99)55-16-26-96(27-17-55)78-91-79(97-28-18-58(19-29-97)85-70(102)22-32-94(34-24-83-68(100)14-4-2-12-66-72-60(52-132-66)87-81(106)89-72)76(104)56-48-62(126-36-6-42-134(108,109)110)74(130-40-10-46-138(120,121)122)63(49-56)127-37-7-43-135(111,112)113)93-80(92-78)98-30-20-59(21-31-98)86-71(103)23-33-95(35-25-84-69(101)15-5-3-13-67-73-61(53-133-67)88-82(107)90-73)77(105)57-50-64(128-38-8-44-136(114,115)116)75(131-41-11-47-139(123,124)125)65(51-57)129-39-9-45-137(117,118)119/h48-51,55,58-61,66-67,72-73H,2-47,52-53H2,1H3,(H,83,100)(H,84,101)(H,85,102)(H,86,103)(H2,87,89,106)(H2,88,90,107)(H,108,109,110)(H,111,112,113)(H,114,115,116)(H,117,118,119)(H,120,121,122)(H,123,124,125). The van der Waals surface area contributed by atoms with Crippen LogP contribution in [-0.4, -0.2) is 367 Å². The topological polar surface area (TPSA) is 686 Å². The van der Waals surface area contributed by atoms with E-state index >= 15 is 9.59 Å². The maximum Gasteiger partial charge on any atom is 0.315 e. The Kier molecular flexibility index (Phi) is 42.4. The second-order valence-electron chi connectivity index (χ2n) is 34.8.